The van der Waals surface area contributed by atoms with E-state index < -0.39 is 5.97 Å². The molecule has 1 aromatic rings. The van der Waals surface area contributed by atoms with Gasteiger partial charge in [-0.15, -0.1) is 11.3 Å². The molecular formula is C9H13NO2S. The molecular weight excluding hydrogens is 186 g/mol. The van der Waals surface area contributed by atoms with Crippen molar-refractivity contribution in [3.05, 3.63) is 16.1 Å². The van der Waals surface area contributed by atoms with E-state index in [2.05, 4.69) is 18.8 Å². The number of aromatic carboxylic acids is 1. The van der Waals surface area contributed by atoms with Crippen LogP contribution >= 0.6 is 11.3 Å². The largest absolute Gasteiger partial charge is 0.477 e. The van der Waals surface area contributed by atoms with Crippen molar-refractivity contribution in [3.8, 4) is 0 Å². The van der Waals surface area contributed by atoms with E-state index >= 15 is 0 Å². The maximum Gasteiger partial charge on any atom is 0.347 e. The van der Waals surface area contributed by atoms with Crippen LogP contribution in [0.4, 0.5) is 0 Å². The van der Waals surface area contributed by atoms with Crippen molar-refractivity contribution in [2.45, 2.75) is 32.6 Å². The van der Waals surface area contributed by atoms with Gasteiger partial charge in [-0.1, -0.05) is 13.8 Å². The Labute approximate surface area is 81.4 Å². The number of nitrogens with zero attached hydrogens (tertiary/aromatic N) is 1. The van der Waals surface area contributed by atoms with E-state index in [1.54, 1.807) is 0 Å². The number of aromatic nitrogens is 1. The zero-order valence-electron chi connectivity index (χ0n) is 7.78. The van der Waals surface area contributed by atoms with Gasteiger partial charge in [-0.05, 0) is 12.8 Å². The van der Waals surface area contributed by atoms with E-state index in [0.29, 0.717) is 10.8 Å². The predicted molar refractivity (Wildman–Crippen MR) is 52.4 cm³/mol. The molecule has 0 aliphatic carbocycles. The molecule has 0 saturated heterocycles. The predicted octanol–water partition coefficient (Wildman–Crippen LogP) is 2.74. The minimum Gasteiger partial charge on any atom is -0.477 e. The molecule has 3 nitrogen and oxygen atoms in total. The second kappa shape index (κ2) is 4.37. The maximum atomic E-state index is 10.6. The third kappa shape index (κ3) is 2.28. The van der Waals surface area contributed by atoms with E-state index in [4.69, 9.17) is 5.11 Å². The van der Waals surface area contributed by atoms with Crippen LogP contribution in [0.2, 0.25) is 0 Å². The highest BCUT2D eigenvalue weighted by Crippen LogP contribution is 2.26. The van der Waals surface area contributed by atoms with Gasteiger partial charge in [0, 0.05) is 5.92 Å². The normalized spacial score (nSPS) is 10.7. The molecule has 0 spiro atoms. The number of thiazole rings is 1. The summed E-state index contributed by atoms with van der Waals surface area (Å²) in [5.41, 5.74) is 0. The molecule has 1 rings (SSSR count). The molecule has 0 amide bonds. The highest BCUT2D eigenvalue weighted by Gasteiger charge is 2.14. The summed E-state index contributed by atoms with van der Waals surface area (Å²) in [7, 11) is 0. The van der Waals surface area contributed by atoms with E-state index in [9.17, 15) is 4.79 Å². The lowest BCUT2D eigenvalue weighted by Gasteiger charge is -2.06. The number of carboxylic acids is 1. The Morgan fingerprint density at radius 3 is 2.62 bits per heavy atom. The fourth-order valence-corrected chi connectivity index (χ4v) is 2.24. The van der Waals surface area contributed by atoms with Crippen molar-refractivity contribution in [3.63, 3.8) is 0 Å². The van der Waals surface area contributed by atoms with Gasteiger partial charge >= 0.3 is 5.97 Å². The van der Waals surface area contributed by atoms with Crippen LogP contribution < -0.4 is 0 Å². The van der Waals surface area contributed by atoms with Gasteiger partial charge in [0.05, 0.1) is 11.2 Å². The van der Waals surface area contributed by atoms with Crippen LogP contribution in [0.5, 0.6) is 0 Å². The van der Waals surface area contributed by atoms with Crippen molar-refractivity contribution < 1.29 is 9.90 Å². The lowest BCUT2D eigenvalue weighted by atomic mass is 10.1. The number of carbonyl (C=O) groups is 1. The summed E-state index contributed by atoms with van der Waals surface area (Å²) >= 11 is 1.29. The second-order valence-electron chi connectivity index (χ2n) is 2.88. The molecule has 13 heavy (non-hydrogen) atoms. The van der Waals surface area contributed by atoms with Gasteiger partial charge in [-0.2, -0.15) is 0 Å². The van der Waals surface area contributed by atoms with Crippen molar-refractivity contribution in [2.75, 3.05) is 0 Å². The first kappa shape index (κ1) is 10.2. The fourth-order valence-electron chi connectivity index (χ4n) is 1.21. The highest BCUT2D eigenvalue weighted by atomic mass is 32.1. The molecule has 1 aromatic heterocycles. The summed E-state index contributed by atoms with van der Waals surface area (Å²) in [6.07, 6.45) is 3.48. The Kier molecular flexibility index (Phi) is 3.42. The van der Waals surface area contributed by atoms with Gasteiger partial charge in [0.15, 0.2) is 0 Å². The summed E-state index contributed by atoms with van der Waals surface area (Å²) < 4.78 is 0. The summed E-state index contributed by atoms with van der Waals surface area (Å²) in [5, 5.41) is 9.64. The molecule has 0 saturated carbocycles. The molecule has 0 radical (unpaired) electrons. The van der Waals surface area contributed by atoms with E-state index in [1.165, 1.54) is 17.5 Å². The average molecular weight is 199 g/mol. The molecule has 1 N–H and O–H groups in total. The Hall–Kier alpha value is -0.900. The summed E-state index contributed by atoms with van der Waals surface area (Å²) in [5.74, 6) is -0.465. The van der Waals surface area contributed by atoms with Crippen LogP contribution in [0.1, 0.15) is 47.3 Å². The van der Waals surface area contributed by atoms with E-state index in [0.717, 1.165) is 17.8 Å². The van der Waals surface area contributed by atoms with Crippen LogP contribution in [0.15, 0.2) is 6.20 Å². The van der Waals surface area contributed by atoms with E-state index in [-0.39, 0.29) is 0 Å². The van der Waals surface area contributed by atoms with Gasteiger partial charge < -0.3 is 5.11 Å². The Bertz CT molecular complexity index is 292. The lowest BCUT2D eigenvalue weighted by Crippen LogP contribution is -1.93. The van der Waals surface area contributed by atoms with Crippen LogP contribution in [-0.4, -0.2) is 16.1 Å². The summed E-state index contributed by atoms with van der Waals surface area (Å²) in [6, 6.07) is 0. The lowest BCUT2D eigenvalue weighted by molar-refractivity contribution is 0.0702. The zero-order valence-corrected chi connectivity index (χ0v) is 8.60. The van der Waals surface area contributed by atoms with Crippen molar-refractivity contribution in [2.24, 2.45) is 0 Å². The minimum absolute atomic E-state index is 0.335. The Morgan fingerprint density at radius 1 is 1.62 bits per heavy atom. The topological polar surface area (TPSA) is 50.2 Å². The van der Waals surface area contributed by atoms with Crippen LogP contribution in [-0.2, 0) is 0 Å². The summed E-state index contributed by atoms with van der Waals surface area (Å²) in [4.78, 5) is 15.0. The van der Waals surface area contributed by atoms with Crippen molar-refractivity contribution >= 4 is 17.3 Å². The monoisotopic (exact) mass is 199 g/mol. The van der Waals surface area contributed by atoms with Gasteiger partial charge in [0.2, 0.25) is 0 Å². The molecule has 72 valence electrons. The molecule has 0 atom stereocenters. The molecule has 0 fully saturated rings. The number of hydrogen-bond donors (Lipinski definition) is 1. The first-order chi connectivity index (χ1) is 6.19. The molecule has 4 heteroatoms. The first-order valence-electron chi connectivity index (χ1n) is 4.38. The third-order valence-corrected chi connectivity index (χ3v) is 3.22. The number of rotatable bonds is 4. The zero-order chi connectivity index (χ0) is 9.84. The smallest absolute Gasteiger partial charge is 0.347 e. The van der Waals surface area contributed by atoms with Crippen LogP contribution in [0, 0.1) is 0 Å². The average Bonchev–Trinajstić information content (AvgIpc) is 2.56. The minimum atomic E-state index is -0.880. The Balaban J connectivity index is 2.84. The van der Waals surface area contributed by atoms with Gasteiger partial charge in [-0.25, -0.2) is 9.78 Å². The fraction of sp³-hybridized carbons (Fsp3) is 0.556. The Morgan fingerprint density at radius 2 is 2.23 bits per heavy atom. The molecule has 0 unspecified atom stereocenters. The molecule has 0 bridgehead atoms. The SMILES string of the molecule is CCC(CC)c1ncc(C(=O)O)s1. The summed E-state index contributed by atoms with van der Waals surface area (Å²) in [6.45, 7) is 4.19. The standard InChI is InChI=1S/C9H13NO2S/c1-3-6(4-2)8-10-5-7(13-8)9(11)12/h5-6H,3-4H2,1-2H3,(H,11,12). The van der Waals surface area contributed by atoms with Gasteiger partial charge in [0.25, 0.3) is 0 Å². The third-order valence-electron chi connectivity index (χ3n) is 2.07. The highest BCUT2D eigenvalue weighted by molar-refractivity contribution is 7.13. The number of hydrogen-bond acceptors (Lipinski definition) is 3. The quantitative estimate of drug-likeness (QED) is 0.811. The maximum absolute atomic E-state index is 10.6. The molecule has 0 aliphatic heterocycles. The van der Waals surface area contributed by atoms with Crippen LogP contribution in [0.25, 0.3) is 0 Å². The van der Waals surface area contributed by atoms with Gasteiger partial charge in [-0.3, -0.25) is 0 Å². The molecule has 1 heterocycles. The molecule has 0 aromatic carbocycles. The van der Waals surface area contributed by atoms with Crippen molar-refractivity contribution in [1.82, 2.24) is 4.98 Å². The van der Waals surface area contributed by atoms with Crippen LogP contribution in [0.3, 0.4) is 0 Å². The second-order valence-corrected chi connectivity index (χ2v) is 3.94. The first-order valence-corrected chi connectivity index (χ1v) is 5.19. The van der Waals surface area contributed by atoms with Crippen molar-refractivity contribution in [1.29, 1.82) is 0 Å². The molecule has 0 aliphatic rings. The van der Waals surface area contributed by atoms with Gasteiger partial charge in [0.1, 0.15) is 4.88 Å². The van der Waals surface area contributed by atoms with E-state index in [1.807, 2.05) is 0 Å². The number of carboxylic acid groups (broad SMARTS) is 1.